The predicted molar refractivity (Wildman–Crippen MR) is 89.2 cm³/mol. The fraction of sp³-hybridized carbons (Fsp3) is 0.588. The molecule has 23 heavy (non-hydrogen) atoms. The van der Waals surface area contributed by atoms with Crippen molar-refractivity contribution in [1.82, 2.24) is 5.32 Å². The van der Waals surface area contributed by atoms with E-state index in [2.05, 4.69) is 17.1 Å². The van der Waals surface area contributed by atoms with E-state index in [9.17, 15) is 14.3 Å². The fourth-order valence-electron chi connectivity index (χ4n) is 2.30. The van der Waals surface area contributed by atoms with Crippen LogP contribution in [0.1, 0.15) is 38.7 Å². The average Bonchev–Trinajstić information content (AvgIpc) is 2.47. The van der Waals surface area contributed by atoms with Gasteiger partial charge in [0.2, 0.25) is 0 Å². The molecular weight excluding hydrogens is 299 g/mol. The van der Waals surface area contributed by atoms with E-state index in [1.807, 2.05) is 7.05 Å². The van der Waals surface area contributed by atoms with E-state index in [1.165, 1.54) is 19.1 Å². The van der Waals surface area contributed by atoms with Crippen LogP contribution in [0.15, 0.2) is 18.2 Å². The van der Waals surface area contributed by atoms with E-state index in [0.29, 0.717) is 0 Å². The Kier molecular flexibility index (Phi) is 7.45. The van der Waals surface area contributed by atoms with Gasteiger partial charge in [-0.1, -0.05) is 19.8 Å². The summed E-state index contributed by atoms with van der Waals surface area (Å²) in [7, 11) is 1.96. The lowest BCUT2D eigenvalue weighted by Crippen LogP contribution is -2.44. The minimum atomic E-state index is -1.85. The maximum absolute atomic E-state index is 13.5. The van der Waals surface area contributed by atoms with Crippen molar-refractivity contribution in [2.75, 3.05) is 25.0 Å². The summed E-state index contributed by atoms with van der Waals surface area (Å²) in [5.41, 5.74) is -0.198. The predicted octanol–water partition coefficient (Wildman–Crippen LogP) is 2.38. The molecule has 0 amide bonds. The van der Waals surface area contributed by atoms with Gasteiger partial charge in [-0.05, 0) is 37.1 Å². The first-order chi connectivity index (χ1) is 10.8. The number of hydrogen-bond acceptors (Lipinski definition) is 4. The van der Waals surface area contributed by atoms with Crippen LogP contribution in [0.5, 0.6) is 0 Å². The smallest absolute Gasteiger partial charge is 0.336 e. The Balaban J connectivity index is 2.73. The number of benzene rings is 1. The molecular formula is C17H27FN2O3. The molecule has 130 valence electrons. The molecule has 1 atom stereocenters. The van der Waals surface area contributed by atoms with Gasteiger partial charge < -0.3 is 20.4 Å². The first-order valence-electron chi connectivity index (χ1n) is 7.94. The lowest BCUT2D eigenvalue weighted by atomic mass is 10.1. The molecule has 0 aromatic heterocycles. The average molecular weight is 326 g/mol. The van der Waals surface area contributed by atoms with Gasteiger partial charge in [0.05, 0.1) is 0 Å². The summed E-state index contributed by atoms with van der Waals surface area (Å²) in [5.74, 6) is -1.63. The lowest BCUT2D eigenvalue weighted by molar-refractivity contribution is -0.156. The van der Waals surface area contributed by atoms with E-state index in [4.69, 9.17) is 5.11 Å². The third-order valence-electron chi connectivity index (χ3n) is 3.80. The number of aliphatic carboxylic acids is 1. The first-order valence-corrected chi connectivity index (χ1v) is 7.94. The quantitative estimate of drug-likeness (QED) is 0.576. The van der Waals surface area contributed by atoms with Crippen LogP contribution in [0.25, 0.3) is 0 Å². The summed E-state index contributed by atoms with van der Waals surface area (Å²) in [6, 6.07) is 4.59. The van der Waals surface area contributed by atoms with Gasteiger partial charge >= 0.3 is 5.97 Å². The number of aliphatic hydroxyl groups is 1. The molecule has 0 radical (unpaired) electrons. The summed E-state index contributed by atoms with van der Waals surface area (Å²) in [6.45, 7) is 4.42. The van der Waals surface area contributed by atoms with Crippen molar-refractivity contribution in [3.05, 3.63) is 29.6 Å². The second-order valence-corrected chi connectivity index (χ2v) is 6.08. The van der Waals surface area contributed by atoms with E-state index in [1.54, 1.807) is 6.07 Å². The van der Waals surface area contributed by atoms with Crippen LogP contribution >= 0.6 is 0 Å². The summed E-state index contributed by atoms with van der Waals surface area (Å²) in [6.07, 6.45) is 3.33. The Bertz CT molecular complexity index is 521. The van der Waals surface area contributed by atoms with Gasteiger partial charge in [-0.3, -0.25) is 0 Å². The van der Waals surface area contributed by atoms with Crippen LogP contribution in [0.3, 0.4) is 0 Å². The van der Waals surface area contributed by atoms with Crippen molar-refractivity contribution in [3.63, 3.8) is 0 Å². The van der Waals surface area contributed by atoms with Crippen molar-refractivity contribution in [2.45, 2.75) is 45.3 Å². The number of anilines is 1. The number of carboxylic acid groups (broad SMARTS) is 1. The zero-order chi connectivity index (χ0) is 17.5. The summed E-state index contributed by atoms with van der Waals surface area (Å²) in [5, 5.41) is 21.5. The second-order valence-electron chi connectivity index (χ2n) is 6.08. The Hall–Kier alpha value is -1.66. The van der Waals surface area contributed by atoms with E-state index >= 15 is 0 Å². The van der Waals surface area contributed by atoms with Gasteiger partial charge in [-0.25, -0.2) is 9.18 Å². The standard InChI is InChI=1S/C17H27FN2O3/c1-4-5-6-9-20(3)15-8-7-14(18)10-13(15)11-19-12-17(2,23)16(21)22/h7-8,10,19,23H,4-6,9,11-12H2,1-3H3,(H,21,22). The molecule has 0 aliphatic heterocycles. The molecule has 1 aromatic carbocycles. The van der Waals surface area contributed by atoms with Gasteiger partial charge in [0, 0.05) is 32.4 Å². The number of unbranched alkanes of at least 4 members (excludes halogenated alkanes) is 2. The van der Waals surface area contributed by atoms with E-state index < -0.39 is 11.6 Å². The van der Waals surface area contributed by atoms with Crippen molar-refractivity contribution in [2.24, 2.45) is 0 Å². The molecule has 0 spiro atoms. The molecule has 0 heterocycles. The second kappa shape index (κ2) is 8.84. The maximum Gasteiger partial charge on any atom is 0.336 e. The SMILES string of the molecule is CCCCCN(C)c1ccc(F)cc1CNCC(C)(O)C(=O)O. The molecule has 1 rings (SSSR count). The van der Waals surface area contributed by atoms with Crippen molar-refractivity contribution >= 4 is 11.7 Å². The van der Waals surface area contributed by atoms with Crippen molar-refractivity contribution in [1.29, 1.82) is 0 Å². The summed E-state index contributed by atoms with van der Waals surface area (Å²) in [4.78, 5) is 13.0. The Labute approximate surface area is 137 Å². The van der Waals surface area contributed by atoms with Crippen LogP contribution in [0.2, 0.25) is 0 Å². The Morgan fingerprint density at radius 2 is 2.09 bits per heavy atom. The number of nitrogens with zero attached hydrogens (tertiary/aromatic N) is 1. The van der Waals surface area contributed by atoms with Gasteiger partial charge in [-0.15, -0.1) is 0 Å². The van der Waals surface area contributed by atoms with Crippen LogP contribution in [0, 0.1) is 5.82 Å². The van der Waals surface area contributed by atoms with Crippen LogP contribution in [-0.4, -0.2) is 41.9 Å². The van der Waals surface area contributed by atoms with Crippen LogP contribution in [0.4, 0.5) is 10.1 Å². The van der Waals surface area contributed by atoms with Gasteiger partial charge in [-0.2, -0.15) is 0 Å². The molecule has 0 aliphatic carbocycles. The highest BCUT2D eigenvalue weighted by molar-refractivity contribution is 5.76. The molecule has 0 aliphatic rings. The number of carbonyl (C=O) groups is 1. The van der Waals surface area contributed by atoms with Crippen LogP contribution < -0.4 is 10.2 Å². The highest BCUT2D eigenvalue weighted by Gasteiger charge is 2.29. The summed E-state index contributed by atoms with van der Waals surface area (Å²) >= 11 is 0. The fourth-order valence-corrected chi connectivity index (χ4v) is 2.30. The Morgan fingerprint density at radius 3 is 2.70 bits per heavy atom. The maximum atomic E-state index is 13.5. The largest absolute Gasteiger partial charge is 0.479 e. The molecule has 0 saturated carbocycles. The Morgan fingerprint density at radius 1 is 1.39 bits per heavy atom. The molecule has 0 saturated heterocycles. The first kappa shape index (κ1) is 19.4. The third-order valence-corrected chi connectivity index (χ3v) is 3.80. The highest BCUT2D eigenvalue weighted by Crippen LogP contribution is 2.21. The number of hydrogen-bond donors (Lipinski definition) is 3. The zero-order valence-corrected chi connectivity index (χ0v) is 14.1. The van der Waals surface area contributed by atoms with Crippen molar-refractivity contribution < 1.29 is 19.4 Å². The van der Waals surface area contributed by atoms with Gasteiger partial charge in [0.25, 0.3) is 0 Å². The lowest BCUT2D eigenvalue weighted by Gasteiger charge is -2.24. The summed E-state index contributed by atoms with van der Waals surface area (Å²) < 4.78 is 13.5. The molecule has 5 nitrogen and oxygen atoms in total. The van der Waals surface area contributed by atoms with E-state index in [0.717, 1.165) is 37.1 Å². The number of nitrogens with one attached hydrogen (secondary N) is 1. The van der Waals surface area contributed by atoms with Gasteiger partial charge in [0.1, 0.15) is 5.82 Å². The highest BCUT2D eigenvalue weighted by atomic mass is 19.1. The number of carboxylic acids is 1. The third kappa shape index (κ3) is 6.15. The normalized spacial score (nSPS) is 13.6. The minimum Gasteiger partial charge on any atom is -0.479 e. The molecule has 1 unspecified atom stereocenters. The van der Waals surface area contributed by atoms with E-state index in [-0.39, 0.29) is 18.9 Å². The molecule has 3 N–H and O–H groups in total. The topological polar surface area (TPSA) is 72.8 Å². The van der Waals surface area contributed by atoms with Crippen LogP contribution in [-0.2, 0) is 11.3 Å². The number of halogens is 1. The van der Waals surface area contributed by atoms with Crippen molar-refractivity contribution in [3.8, 4) is 0 Å². The molecule has 0 fully saturated rings. The minimum absolute atomic E-state index is 0.113. The zero-order valence-electron chi connectivity index (χ0n) is 14.1. The molecule has 6 heteroatoms. The number of rotatable bonds is 10. The monoisotopic (exact) mass is 326 g/mol. The van der Waals surface area contributed by atoms with Gasteiger partial charge in [0.15, 0.2) is 5.60 Å². The molecule has 0 bridgehead atoms. The molecule has 1 aromatic rings.